The SMILES string of the molecule is CC1CCN(Cc2cccc(CN)c2F)CC1C. The monoisotopic (exact) mass is 250 g/mol. The van der Waals surface area contributed by atoms with E-state index in [1.165, 1.54) is 6.42 Å². The number of nitrogens with two attached hydrogens (primary N) is 1. The van der Waals surface area contributed by atoms with Gasteiger partial charge in [0.2, 0.25) is 0 Å². The van der Waals surface area contributed by atoms with Gasteiger partial charge in [0.15, 0.2) is 0 Å². The molecule has 0 spiro atoms. The highest BCUT2D eigenvalue weighted by Gasteiger charge is 2.23. The molecule has 1 aromatic rings. The van der Waals surface area contributed by atoms with Gasteiger partial charge in [0, 0.05) is 30.8 Å². The molecule has 1 heterocycles. The second-order valence-electron chi connectivity index (χ2n) is 5.57. The summed E-state index contributed by atoms with van der Waals surface area (Å²) in [4.78, 5) is 2.35. The van der Waals surface area contributed by atoms with Gasteiger partial charge >= 0.3 is 0 Å². The Balaban J connectivity index is 2.06. The van der Waals surface area contributed by atoms with Crippen molar-refractivity contribution in [3.63, 3.8) is 0 Å². The Hall–Kier alpha value is -0.930. The maximum Gasteiger partial charge on any atom is 0.132 e. The first-order valence-electron chi connectivity index (χ1n) is 6.80. The summed E-state index contributed by atoms with van der Waals surface area (Å²) in [5.74, 6) is 1.35. The minimum atomic E-state index is -0.119. The summed E-state index contributed by atoms with van der Waals surface area (Å²) in [5.41, 5.74) is 6.93. The smallest absolute Gasteiger partial charge is 0.132 e. The molecule has 2 unspecified atom stereocenters. The number of nitrogens with zero attached hydrogens (tertiary/aromatic N) is 1. The van der Waals surface area contributed by atoms with Gasteiger partial charge in [-0.25, -0.2) is 4.39 Å². The fraction of sp³-hybridized carbons (Fsp3) is 0.600. The Morgan fingerprint density at radius 2 is 2.00 bits per heavy atom. The number of hydrogen-bond acceptors (Lipinski definition) is 2. The molecule has 0 bridgehead atoms. The van der Waals surface area contributed by atoms with E-state index in [4.69, 9.17) is 5.73 Å². The van der Waals surface area contributed by atoms with E-state index in [0.717, 1.165) is 24.6 Å². The summed E-state index contributed by atoms with van der Waals surface area (Å²) < 4.78 is 14.1. The van der Waals surface area contributed by atoms with Crippen LogP contribution in [0.2, 0.25) is 0 Å². The van der Waals surface area contributed by atoms with Crippen LogP contribution in [0.5, 0.6) is 0 Å². The van der Waals surface area contributed by atoms with Crippen molar-refractivity contribution in [1.29, 1.82) is 0 Å². The Bertz CT molecular complexity index is 405. The largest absolute Gasteiger partial charge is 0.326 e. The second kappa shape index (κ2) is 5.81. The van der Waals surface area contributed by atoms with Crippen molar-refractivity contribution in [3.8, 4) is 0 Å². The summed E-state index contributed by atoms with van der Waals surface area (Å²) in [7, 11) is 0. The number of rotatable bonds is 3. The highest BCUT2D eigenvalue weighted by Crippen LogP contribution is 2.24. The maximum absolute atomic E-state index is 14.1. The molecule has 1 fully saturated rings. The van der Waals surface area contributed by atoms with Crippen molar-refractivity contribution < 1.29 is 4.39 Å². The van der Waals surface area contributed by atoms with Crippen LogP contribution in [0, 0.1) is 17.7 Å². The van der Waals surface area contributed by atoms with Gasteiger partial charge in [-0.05, 0) is 24.8 Å². The normalized spacial score (nSPS) is 25.3. The molecule has 2 N–H and O–H groups in total. The lowest BCUT2D eigenvalue weighted by atomic mass is 9.88. The maximum atomic E-state index is 14.1. The van der Waals surface area contributed by atoms with E-state index in [2.05, 4.69) is 18.7 Å². The molecule has 2 nitrogen and oxygen atoms in total. The number of benzene rings is 1. The number of halogens is 1. The molecule has 0 aliphatic carbocycles. The van der Waals surface area contributed by atoms with Crippen LogP contribution in [-0.4, -0.2) is 18.0 Å². The lowest BCUT2D eigenvalue weighted by Crippen LogP contribution is -2.38. The fourth-order valence-electron chi connectivity index (χ4n) is 2.65. The van der Waals surface area contributed by atoms with E-state index in [1.807, 2.05) is 12.1 Å². The molecule has 1 aliphatic heterocycles. The van der Waals surface area contributed by atoms with Crippen molar-refractivity contribution in [2.75, 3.05) is 13.1 Å². The van der Waals surface area contributed by atoms with Crippen molar-refractivity contribution >= 4 is 0 Å². The Morgan fingerprint density at radius 3 is 2.67 bits per heavy atom. The molecule has 1 aliphatic rings. The van der Waals surface area contributed by atoms with Crippen molar-refractivity contribution in [2.45, 2.75) is 33.4 Å². The predicted molar refractivity (Wildman–Crippen MR) is 72.5 cm³/mol. The third-order valence-electron chi connectivity index (χ3n) is 4.19. The molecular weight excluding hydrogens is 227 g/mol. The quantitative estimate of drug-likeness (QED) is 0.893. The molecule has 1 aromatic carbocycles. The van der Waals surface area contributed by atoms with Crippen LogP contribution in [0.4, 0.5) is 4.39 Å². The van der Waals surface area contributed by atoms with Gasteiger partial charge < -0.3 is 5.73 Å². The molecule has 18 heavy (non-hydrogen) atoms. The molecule has 0 radical (unpaired) electrons. The van der Waals surface area contributed by atoms with E-state index >= 15 is 0 Å². The van der Waals surface area contributed by atoms with Gasteiger partial charge in [-0.2, -0.15) is 0 Å². The van der Waals surface area contributed by atoms with Crippen LogP contribution in [0.25, 0.3) is 0 Å². The van der Waals surface area contributed by atoms with E-state index in [-0.39, 0.29) is 12.4 Å². The molecule has 2 rings (SSSR count). The molecular formula is C15H23FN2. The number of likely N-dealkylation sites (tertiary alicyclic amines) is 1. The van der Waals surface area contributed by atoms with E-state index in [1.54, 1.807) is 6.07 Å². The zero-order valence-corrected chi connectivity index (χ0v) is 11.3. The average Bonchev–Trinajstić information content (AvgIpc) is 2.36. The van der Waals surface area contributed by atoms with Crippen LogP contribution in [0.1, 0.15) is 31.4 Å². The Labute approximate surface area is 109 Å². The fourth-order valence-corrected chi connectivity index (χ4v) is 2.65. The summed E-state index contributed by atoms with van der Waals surface area (Å²) >= 11 is 0. The topological polar surface area (TPSA) is 29.3 Å². The summed E-state index contributed by atoms with van der Waals surface area (Å²) in [6, 6.07) is 5.54. The zero-order chi connectivity index (χ0) is 13.1. The van der Waals surface area contributed by atoms with Crippen molar-refractivity contribution in [1.82, 2.24) is 4.90 Å². The highest BCUT2D eigenvalue weighted by molar-refractivity contribution is 5.25. The standard InChI is InChI=1S/C15H23FN2/c1-11-6-7-18(9-12(11)2)10-14-5-3-4-13(8-17)15(14)16/h3-5,11-12H,6-10,17H2,1-2H3. The van der Waals surface area contributed by atoms with Crippen molar-refractivity contribution in [2.24, 2.45) is 17.6 Å². The molecule has 1 saturated heterocycles. The van der Waals surface area contributed by atoms with Crippen LogP contribution in [-0.2, 0) is 13.1 Å². The van der Waals surface area contributed by atoms with Crippen LogP contribution >= 0.6 is 0 Å². The summed E-state index contributed by atoms with van der Waals surface area (Å²) in [6.07, 6.45) is 1.21. The van der Waals surface area contributed by atoms with Crippen molar-refractivity contribution in [3.05, 3.63) is 35.1 Å². The Kier molecular flexibility index (Phi) is 4.36. The van der Waals surface area contributed by atoms with E-state index < -0.39 is 0 Å². The zero-order valence-electron chi connectivity index (χ0n) is 11.3. The second-order valence-corrected chi connectivity index (χ2v) is 5.57. The molecule has 0 saturated carbocycles. The minimum Gasteiger partial charge on any atom is -0.326 e. The molecule has 100 valence electrons. The van der Waals surface area contributed by atoms with Gasteiger partial charge in [-0.3, -0.25) is 4.90 Å². The molecule has 0 amide bonds. The average molecular weight is 250 g/mol. The van der Waals surface area contributed by atoms with Gasteiger partial charge in [0.25, 0.3) is 0 Å². The van der Waals surface area contributed by atoms with Crippen LogP contribution in [0.15, 0.2) is 18.2 Å². The minimum absolute atomic E-state index is 0.119. The van der Waals surface area contributed by atoms with E-state index in [9.17, 15) is 4.39 Å². The number of hydrogen-bond donors (Lipinski definition) is 1. The first kappa shape index (κ1) is 13.5. The van der Waals surface area contributed by atoms with Crippen LogP contribution < -0.4 is 5.73 Å². The molecule has 2 atom stereocenters. The van der Waals surface area contributed by atoms with Gasteiger partial charge in [0.05, 0.1) is 0 Å². The first-order valence-corrected chi connectivity index (χ1v) is 6.80. The number of piperidine rings is 1. The predicted octanol–water partition coefficient (Wildman–Crippen LogP) is 2.76. The lowest BCUT2D eigenvalue weighted by molar-refractivity contribution is 0.131. The van der Waals surface area contributed by atoms with E-state index in [0.29, 0.717) is 18.0 Å². The molecule has 3 heteroatoms. The third-order valence-corrected chi connectivity index (χ3v) is 4.19. The van der Waals surface area contributed by atoms with Gasteiger partial charge in [-0.15, -0.1) is 0 Å². The summed E-state index contributed by atoms with van der Waals surface area (Å²) in [5, 5.41) is 0. The van der Waals surface area contributed by atoms with Crippen LogP contribution in [0.3, 0.4) is 0 Å². The third kappa shape index (κ3) is 2.90. The first-order chi connectivity index (χ1) is 8.61. The summed E-state index contributed by atoms with van der Waals surface area (Å²) in [6.45, 7) is 7.69. The van der Waals surface area contributed by atoms with Gasteiger partial charge in [0.1, 0.15) is 5.82 Å². The Morgan fingerprint density at radius 1 is 1.28 bits per heavy atom. The van der Waals surface area contributed by atoms with Gasteiger partial charge in [-0.1, -0.05) is 32.0 Å². The molecule has 0 aromatic heterocycles. The lowest BCUT2D eigenvalue weighted by Gasteiger charge is -2.35. The highest BCUT2D eigenvalue weighted by atomic mass is 19.1.